The summed E-state index contributed by atoms with van der Waals surface area (Å²) >= 11 is 0. The molecular formula is C24H26N2O. The molecule has 1 heterocycles. The Morgan fingerprint density at radius 2 is 1.93 bits per heavy atom. The number of hydrogen-bond acceptors (Lipinski definition) is 3. The summed E-state index contributed by atoms with van der Waals surface area (Å²) in [6.45, 7) is 0. The van der Waals surface area contributed by atoms with E-state index in [1.807, 2.05) is 42.6 Å². The van der Waals surface area contributed by atoms with Crippen molar-refractivity contribution in [2.24, 2.45) is 17.8 Å². The molecule has 2 aliphatic carbocycles. The van der Waals surface area contributed by atoms with Crippen LogP contribution in [-0.4, -0.2) is 16.2 Å². The number of nitrogens with zero attached hydrogens (tertiary/aromatic N) is 2. The Kier molecular flexibility index (Phi) is 5.36. The van der Waals surface area contributed by atoms with Gasteiger partial charge < -0.3 is 5.11 Å². The number of rotatable bonds is 3. The average molecular weight is 358 g/mol. The van der Waals surface area contributed by atoms with Gasteiger partial charge in [-0.1, -0.05) is 49.6 Å². The second-order valence-electron chi connectivity index (χ2n) is 7.99. The van der Waals surface area contributed by atoms with Crippen molar-refractivity contribution in [2.45, 2.75) is 44.6 Å². The Hall–Kier alpha value is -2.44. The lowest BCUT2D eigenvalue weighted by Crippen LogP contribution is -2.36. The molecular weight excluding hydrogens is 332 g/mol. The molecule has 2 aromatic rings. The van der Waals surface area contributed by atoms with Gasteiger partial charge >= 0.3 is 0 Å². The standard InChI is InChI=1S/C24H26N2O/c25-15-19-6-2-4-8-24(19)20-10-12-21(26-16-20)11-9-18-14-22(27)13-17-5-1-3-7-23(17)18/h2,4,6,8-12,16-18,22-23,27H,1,3,5,7,13-14H2/t17-,18+,22-,23+/m0/s1. The van der Waals surface area contributed by atoms with Crippen molar-refractivity contribution in [2.75, 3.05) is 0 Å². The van der Waals surface area contributed by atoms with Crippen molar-refractivity contribution in [3.8, 4) is 17.2 Å². The van der Waals surface area contributed by atoms with E-state index >= 15 is 0 Å². The molecule has 3 heteroatoms. The van der Waals surface area contributed by atoms with Crippen LogP contribution < -0.4 is 0 Å². The normalized spacial score (nSPS) is 27.9. The second-order valence-corrected chi connectivity index (χ2v) is 7.99. The maximum atomic E-state index is 10.3. The Bertz CT molecular complexity index is 849. The zero-order valence-electron chi connectivity index (χ0n) is 15.6. The molecule has 0 bridgehead atoms. The highest BCUT2D eigenvalue weighted by atomic mass is 16.3. The van der Waals surface area contributed by atoms with Crippen molar-refractivity contribution in [1.29, 1.82) is 5.26 Å². The summed E-state index contributed by atoms with van der Waals surface area (Å²) in [5, 5.41) is 19.5. The third kappa shape index (κ3) is 3.96. The van der Waals surface area contributed by atoms with Crippen LogP contribution in [0, 0.1) is 29.1 Å². The molecule has 0 aliphatic heterocycles. The van der Waals surface area contributed by atoms with E-state index in [1.165, 1.54) is 25.7 Å². The van der Waals surface area contributed by atoms with Gasteiger partial charge in [-0.3, -0.25) is 4.98 Å². The van der Waals surface area contributed by atoms with Crippen LogP contribution >= 0.6 is 0 Å². The van der Waals surface area contributed by atoms with Crippen LogP contribution in [0.15, 0.2) is 48.7 Å². The maximum Gasteiger partial charge on any atom is 0.0998 e. The molecule has 27 heavy (non-hydrogen) atoms. The molecule has 2 saturated carbocycles. The summed E-state index contributed by atoms with van der Waals surface area (Å²) < 4.78 is 0. The number of benzene rings is 1. The van der Waals surface area contributed by atoms with Gasteiger partial charge in [-0.15, -0.1) is 0 Å². The van der Waals surface area contributed by atoms with Crippen LogP contribution in [0.2, 0.25) is 0 Å². The highest BCUT2D eigenvalue weighted by molar-refractivity contribution is 5.70. The number of pyridine rings is 1. The molecule has 2 fully saturated rings. The maximum absolute atomic E-state index is 10.3. The zero-order valence-corrected chi connectivity index (χ0v) is 15.6. The van der Waals surface area contributed by atoms with Gasteiger partial charge in [-0.2, -0.15) is 5.26 Å². The predicted octanol–water partition coefficient (Wildman–Crippen LogP) is 5.21. The van der Waals surface area contributed by atoms with Gasteiger partial charge in [0.25, 0.3) is 0 Å². The lowest BCUT2D eigenvalue weighted by atomic mass is 9.64. The molecule has 1 aromatic heterocycles. The smallest absolute Gasteiger partial charge is 0.0998 e. The quantitative estimate of drug-likeness (QED) is 0.819. The molecule has 0 amide bonds. The van der Waals surface area contributed by atoms with Crippen molar-refractivity contribution in [3.05, 3.63) is 59.9 Å². The monoisotopic (exact) mass is 358 g/mol. The molecule has 1 N–H and O–H groups in total. The van der Waals surface area contributed by atoms with Gasteiger partial charge in [0, 0.05) is 17.3 Å². The molecule has 0 spiro atoms. The Balaban J connectivity index is 1.50. The number of hydrogen-bond donors (Lipinski definition) is 1. The first-order chi connectivity index (χ1) is 13.2. The number of fused-ring (bicyclic) bond motifs is 1. The van der Waals surface area contributed by atoms with E-state index in [0.717, 1.165) is 35.6 Å². The molecule has 0 saturated heterocycles. The number of nitriles is 1. The Labute approximate surface area is 161 Å². The number of allylic oxidation sites excluding steroid dienone is 1. The topological polar surface area (TPSA) is 56.9 Å². The summed E-state index contributed by atoms with van der Waals surface area (Å²) in [5.74, 6) is 1.87. The van der Waals surface area contributed by atoms with Gasteiger partial charge in [0.1, 0.15) is 0 Å². The molecule has 0 radical (unpaired) electrons. The molecule has 4 rings (SSSR count). The van der Waals surface area contributed by atoms with E-state index in [4.69, 9.17) is 0 Å². The highest BCUT2D eigenvalue weighted by Crippen LogP contribution is 2.44. The van der Waals surface area contributed by atoms with Gasteiger partial charge in [-0.25, -0.2) is 0 Å². The van der Waals surface area contributed by atoms with Gasteiger partial charge in [0.15, 0.2) is 0 Å². The minimum absolute atomic E-state index is 0.156. The first-order valence-electron chi connectivity index (χ1n) is 10.1. The molecule has 138 valence electrons. The van der Waals surface area contributed by atoms with Crippen LogP contribution in [-0.2, 0) is 0 Å². The van der Waals surface area contributed by atoms with E-state index in [-0.39, 0.29) is 6.10 Å². The first-order valence-corrected chi connectivity index (χ1v) is 10.1. The van der Waals surface area contributed by atoms with Crippen LogP contribution in [0.25, 0.3) is 17.2 Å². The van der Waals surface area contributed by atoms with E-state index in [9.17, 15) is 10.4 Å². The molecule has 1 aromatic carbocycles. The predicted molar refractivity (Wildman–Crippen MR) is 108 cm³/mol. The molecule has 0 unspecified atom stereocenters. The lowest BCUT2D eigenvalue weighted by molar-refractivity contribution is 0.0232. The third-order valence-electron chi connectivity index (χ3n) is 6.30. The summed E-state index contributed by atoms with van der Waals surface area (Å²) in [4.78, 5) is 4.58. The summed E-state index contributed by atoms with van der Waals surface area (Å²) in [6, 6.07) is 13.9. The van der Waals surface area contributed by atoms with Crippen molar-refractivity contribution in [3.63, 3.8) is 0 Å². The molecule has 4 atom stereocenters. The van der Waals surface area contributed by atoms with Gasteiger partial charge in [0.05, 0.1) is 23.4 Å². The van der Waals surface area contributed by atoms with E-state index < -0.39 is 0 Å². The highest BCUT2D eigenvalue weighted by Gasteiger charge is 2.37. The second kappa shape index (κ2) is 8.06. The van der Waals surface area contributed by atoms with Gasteiger partial charge in [-0.05, 0) is 55.2 Å². The summed E-state index contributed by atoms with van der Waals surface area (Å²) in [7, 11) is 0. The molecule has 2 aliphatic rings. The minimum Gasteiger partial charge on any atom is -0.393 e. The van der Waals surface area contributed by atoms with E-state index in [1.54, 1.807) is 0 Å². The average Bonchev–Trinajstić information content (AvgIpc) is 2.72. The summed E-state index contributed by atoms with van der Waals surface area (Å²) in [5.41, 5.74) is 3.48. The van der Waals surface area contributed by atoms with Crippen LogP contribution in [0.1, 0.15) is 49.8 Å². The fourth-order valence-corrected chi connectivity index (χ4v) is 4.97. The van der Waals surface area contributed by atoms with Gasteiger partial charge in [0.2, 0.25) is 0 Å². The molecule has 3 nitrogen and oxygen atoms in total. The number of aliphatic hydroxyl groups is 1. The lowest BCUT2D eigenvalue weighted by Gasteiger charge is -2.42. The zero-order chi connectivity index (χ0) is 18.6. The largest absolute Gasteiger partial charge is 0.393 e. The minimum atomic E-state index is -0.156. The van der Waals surface area contributed by atoms with Crippen molar-refractivity contribution < 1.29 is 5.11 Å². The van der Waals surface area contributed by atoms with Crippen molar-refractivity contribution in [1.82, 2.24) is 4.98 Å². The van der Waals surface area contributed by atoms with E-state index in [2.05, 4.69) is 23.2 Å². The number of aliphatic hydroxyl groups excluding tert-OH is 1. The SMILES string of the molecule is N#Cc1ccccc1-c1ccc(C=C[C@@H]2C[C@@H](O)C[C@@H]3CCCC[C@H]32)nc1. The van der Waals surface area contributed by atoms with Crippen molar-refractivity contribution >= 4 is 6.08 Å². The fraction of sp³-hybridized carbons (Fsp3) is 0.417. The first kappa shape index (κ1) is 17.9. The van der Waals surface area contributed by atoms with E-state index in [0.29, 0.717) is 17.4 Å². The van der Waals surface area contributed by atoms with Crippen LogP contribution in [0.3, 0.4) is 0 Å². The summed E-state index contributed by atoms with van der Waals surface area (Å²) in [6.07, 6.45) is 13.1. The number of aromatic nitrogens is 1. The third-order valence-corrected chi connectivity index (χ3v) is 6.30. The Morgan fingerprint density at radius 3 is 2.74 bits per heavy atom. The van der Waals surface area contributed by atoms with Crippen LogP contribution in [0.4, 0.5) is 0 Å². The van der Waals surface area contributed by atoms with Crippen LogP contribution in [0.5, 0.6) is 0 Å². The Morgan fingerprint density at radius 1 is 1.07 bits per heavy atom. The fourth-order valence-electron chi connectivity index (χ4n) is 4.97.